The van der Waals surface area contributed by atoms with Crippen LogP contribution in [0.5, 0.6) is 5.75 Å². The van der Waals surface area contributed by atoms with Crippen molar-refractivity contribution in [2.24, 2.45) is 0 Å². The van der Waals surface area contributed by atoms with E-state index in [-0.39, 0.29) is 11.2 Å². The smallest absolute Gasteiger partial charge is 0.229 e. The first-order valence-electron chi connectivity index (χ1n) is 6.53. The minimum atomic E-state index is -0.262. The first kappa shape index (κ1) is 12.9. The minimum Gasteiger partial charge on any atom is -0.503 e. The summed E-state index contributed by atoms with van der Waals surface area (Å²) in [4.78, 5) is 12.9. The first-order chi connectivity index (χ1) is 9.75. The lowest BCUT2D eigenvalue weighted by atomic mass is 10.1. The molecule has 0 amide bonds. The number of rotatable bonds is 3. The number of fused-ring (bicyclic) bond motifs is 1. The molecule has 0 aliphatic rings. The standard InChI is InChI=1S/C17H14O2S/c18-16-13-8-4-5-9-14(13)20-15(17(16)19)11-10-12-6-2-1-3-7-12/h1-9,19H,10-11H2. The predicted molar refractivity (Wildman–Crippen MR) is 83.6 cm³/mol. The zero-order valence-corrected chi connectivity index (χ0v) is 11.7. The van der Waals surface area contributed by atoms with E-state index in [4.69, 9.17) is 0 Å². The quantitative estimate of drug-likeness (QED) is 0.794. The van der Waals surface area contributed by atoms with Crippen LogP contribution < -0.4 is 5.43 Å². The third kappa shape index (κ3) is 2.45. The Labute approximate surface area is 121 Å². The van der Waals surface area contributed by atoms with Gasteiger partial charge in [0.1, 0.15) is 0 Å². The van der Waals surface area contributed by atoms with E-state index in [0.717, 1.165) is 16.0 Å². The maximum atomic E-state index is 12.1. The SMILES string of the molecule is O=c1c(O)c(CCc2ccccc2)sc2ccccc12. The van der Waals surface area contributed by atoms with Crippen LogP contribution in [0, 0.1) is 0 Å². The van der Waals surface area contributed by atoms with Gasteiger partial charge in [0.05, 0.1) is 4.88 Å². The van der Waals surface area contributed by atoms with Gasteiger partial charge in [0, 0.05) is 10.1 Å². The summed E-state index contributed by atoms with van der Waals surface area (Å²) in [5, 5.41) is 10.7. The number of hydrogen-bond donors (Lipinski definition) is 1. The molecule has 3 heteroatoms. The molecule has 1 heterocycles. The van der Waals surface area contributed by atoms with Crippen molar-refractivity contribution in [3.8, 4) is 5.75 Å². The van der Waals surface area contributed by atoms with Crippen molar-refractivity contribution in [3.05, 3.63) is 75.3 Å². The summed E-state index contributed by atoms with van der Waals surface area (Å²) in [5.74, 6) is -0.0929. The van der Waals surface area contributed by atoms with Crippen LogP contribution in [0.25, 0.3) is 10.1 Å². The van der Waals surface area contributed by atoms with Gasteiger partial charge in [-0.15, -0.1) is 11.3 Å². The summed E-state index contributed by atoms with van der Waals surface area (Å²) in [6, 6.07) is 17.5. The van der Waals surface area contributed by atoms with Crippen LogP contribution in [-0.4, -0.2) is 5.11 Å². The van der Waals surface area contributed by atoms with Crippen LogP contribution in [-0.2, 0) is 12.8 Å². The Balaban J connectivity index is 1.96. The molecule has 100 valence electrons. The summed E-state index contributed by atoms with van der Waals surface area (Å²) in [5.41, 5.74) is 0.946. The van der Waals surface area contributed by atoms with E-state index >= 15 is 0 Å². The molecule has 0 fully saturated rings. The van der Waals surface area contributed by atoms with E-state index in [1.165, 1.54) is 16.9 Å². The van der Waals surface area contributed by atoms with E-state index in [9.17, 15) is 9.90 Å². The van der Waals surface area contributed by atoms with Gasteiger partial charge in [-0.3, -0.25) is 4.79 Å². The molecule has 0 unspecified atom stereocenters. The van der Waals surface area contributed by atoms with Crippen molar-refractivity contribution in [1.82, 2.24) is 0 Å². The highest BCUT2D eigenvalue weighted by atomic mass is 32.1. The molecule has 3 aromatic rings. The molecule has 0 aliphatic carbocycles. The Kier molecular flexibility index (Phi) is 3.52. The second kappa shape index (κ2) is 5.47. The van der Waals surface area contributed by atoms with Crippen molar-refractivity contribution in [3.63, 3.8) is 0 Å². The fourth-order valence-corrected chi connectivity index (χ4v) is 3.33. The summed E-state index contributed by atoms with van der Waals surface area (Å²) in [7, 11) is 0. The lowest BCUT2D eigenvalue weighted by Crippen LogP contribution is -2.03. The van der Waals surface area contributed by atoms with E-state index in [0.29, 0.717) is 11.8 Å². The van der Waals surface area contributed by atoms with Gasteiger partial charge in [0.15, 0.2) is 5.75 Å². The topological polar surface area (TPSA) is 37.3 Å². The van der Waals surface area contributed by atoms with Crippen LogP contribution in [0.1, 0.15) is 10.4 Å². The highest BCUT2D eigenvalue weighted by molar-refractivity contribution is 7.18. The van der Waals surface area contributed by atoms with Crippen LogP contribution >= 0.6 is 11.3 Å². The Morgan fingerprint density at radius 2 is 1.60 bits per heavy atom. The molecule has 0 atom stereocenters. The minimum absolute atomic E-state index is 0.0929. The molecule has 20 heavy (non-hydrogen) atoms. The Morgan fingerprint density at radius 1 is 0.900 bits per heavy atom. The van der Waals surface area contributed by atoms with Gasteiger partial charge in [0.25, 0.3) is 0 Å². The third-order valence-electron chi connectivity index (χ3n) is 3.33. The second-order valence-corrected chi connectivity index (χ2v) is 5.82. The predicted octanol–water partition coefficient (Wildman–Crippen LogP) is 3.75. The van der Waals surface area contributed by atoms with Crippen molar-refractivity contribution in [2.45, 2.75) is 12.8 Å². The van der Waals surface area contributed by atoms with Gasteiger partial charge >= 0.3 is 0 Å². The molecule has 1 aromatic heterocycles. The van der Waals surface area contributed by atoms with Crippen molar-refractivity contribution in [2.75, 3.05) is 0 Å². The maximum Gasteiger partial charge on any atom is 0.229 e. The van der Waals surface area contributed by atoms with Gasteiger partial charge in [-0.05, 0) is 30.5 Å². The molecule has 2 nitrogen and oxygen atoms in total. The molecular weight excluding hydrogens is 268 g/mol. The lowest BCUT2D eigenvalue weighted by molar-refractivity contribution is 0.466. The van der Waals surface area contributed by atoms with E-state index < -0.39 is 0 Å². The second-order valence-electron chi connectivity index (χ2n) is 4.68. The average Bonchev–Trinajstić information content (AvgIpc) is 2.50. The molecule has 0 bridgehead atoms. The zero-order chi connectivity index (χ0) is 13.9. The molecular formula is C17H14O2S. The largest absolute Gasteiger partial charge is 0.503 e. The highest BCUT2D eigenvalue weighted by Crippen LogP contribution is 2.26. The van der Waals surface area contributed by atoms with Gasteiger partial charge < -0.3 is 5.11 Å². The van der Waals surface area contributed by atoms with Crippen LogP contribution in [0.4, 0.5) is 0 Å². The third-order valence-corrected chi connectivity index (χ3v) is 4.55. The van der Waals surface area contributed by atoms with E-state index in [1.807, 2.05) is 36.4 Å². The van der Waals surface area contributed by atoms with E-state index in [2.05, 4.69) is 12.1 Å². The van der Waals surface area contributed by atoms with Crippen LogP contribution in [0.15, 0.2) is 59.4 Å². The number of aromatic hydroxyl groups is 1. The normalized spacial score (nSPS) is 10.8. The molecule has 2 aromatic carbocycles. The van der Waals surface area contributed by atoms with Gasteiger partial charge in [0.2, 0.25) is 5.43 Å². The molecule has 0 radical (unpaired) electrons. The number of benzene rings is 2. The summed E-state index contributed by atoms with van der Waals surface area (Å²) in [6.45, 7) is 0. The first-order valence-corrected chi connectivity index (χ1v) is 7.35. The lowest BCUT2D eigenvalue weighted by Gasteiger charge is -2.05. The zero-order valence-electron chi connectivity index (χ0n) is 10.9. The highest BCUT2D eigenvalue weighted by Gasteiger charge is 2.11. The summed E-state index contributed by atoms with van der Waals surface area (Å²) < 4.78 is 0.929. The molecule has 0 saturated heterocycles. The summed E-state index contributed by atoms with van der Waals surface area (Å²) >= 11 is 1.50. The van der Waals surface area contributed by atoms with Crippen molar-refractivity contribution < 1.29 is 5.11 Å². The molecule has 3 rings (SSSR count). The Hall–Kier alpha value is -2.13. The average molecular weight is 282 g/mol. The number of hydrogen-bond acceptors (Lipinski definition) is 3. The Bertz CT molecular complexity index is 791. The van der Waals surface area contributed by atoms with Gasteiger partial charge in [-0.2, -0.15) is 0 Å². The van der Waals surface area contributed by atoms with Crippen molar-refractivity contribution >= 4 is 21.4 Å². The molecule has 0 spiro atoms. The maximum absolute atomic E-state index is 12.1. The molecule has 0 saturated carbocycles. The van der Waals surface area contributed by atoms with Crippen LogP contribution in [0.2, 0.25) is 0 Å². The fraction of sp³-hybridized carbons (Fsp3) is 0.118. The van der Waals surface area contributed by atoms with Gasteiger partial charge in [-0.25, -0.2) is 0 Å². The number of aryl methyl sites for hydroxylation is 2. The van der Waals surface area contributed by atoms with Crippen molar-refractivity contribution in [1.29, 1.82) is 0 Å². The van der Waals surface area contributed by atoms with E-state index in [1.54, 1.807) is 6.07 Å². The molecule has 0 aliphatic heterocycles. The Morgan fingerprint density at radius 3 is 2.40 bits per heavy atom. The summed E-state index contributed by atoms with van der Waals surface area (Å²) in [6.07, 6.45) is 1.50. The van der Waals surface area contributed by atoms with Gasteiger partial charge in [-0.1, -0.05) is 42.5 Å². The monoisotopic (exact) mass is 282 g/mol. The fourth-order valence-electron chi connectivity index (χ4n) is 2.25. The molecule has 1 N–H and O–H groups in total. The van der Waals surface area contributed by atoms with Crippen LogP contribution in [0.3, 0.4) is 0 Å².